The Bertz CT molecular complexity index is 424. The van der Waals surface area contributed by atoms with Crippen molar-refractivity contribution in [3.05, 3.63) is 18.2 Å². The number of methoxy groups -OCH3 is 1. The van der Waals surface area contributed by atoms with E-state index in [4.69, 9.17) is 20.3 Å². The first-order valence-corrected chi connectivity index (χ1v) is 6.63. The van der Waals surface area contributed by atoms with Crippen LogP contribution in [-0.2, 0) is 4.79 Å². The molecular weight excluding hydrogens is 260 g/mol. The van der Waals surface area contributed by atoms with Gasteiger partial charge in [0, 0.05) is 18.2 Å². The standard InChI is InChI=1S/C14H22N2O4/c1-19-12-6-5-11(10-13(12)20-9-8-17)16-14(18)4-2-3-7-15/h5-6,10,17H,2-4,7-9,15H2,1H3,(H,16,18). The maximum absolute atomic E-state index is 11.7. The fraction of sp³-hybridized carbons (Fsp3) is 0.500. The lowest BCUT2D eigenvalue weighted by Gasteiger charge is -2.12. The third kappa shape index (κ3) is 5.46. The summed E-state index contributed by atoms with van der Waals surface area (Å²) in [4.78, 5) is 11.7. The number of unbranched alkanes of at least 4 members (excludes halogenated alkanes) is 1. The molecule has 6 nitrogen and oxygen atoms in total. The van der Waals surface area contributed by atoms with Gasteiger partial charge in [0.25, 0.3) is 0 Å². The molecule has 0 heterocycles. The number of benzene rings is 1. The Labute approximate surface area is 118 Å². The fourth-order valence-electron chi connectivity index (χ4n) is 1.68. The number of aliphatic hydroxyl groups excluding tert-OH is 1. The molecule has 1 rings (SSSR count). The molecule has 112 valence electrons. The van der Waals surface area contributed by atoms with Crippen LogP contribution in [0.25, 0.3) is 0 Å². The molecule has 0 unspecified atom stereocenters. The molecule has 0 fully saturated rings. The van der Waals surface area contributed by atoms with Gasteiger partial charge < -0.3 is 25.6 Å². The average molecular weight is 282 g/mol. The number of aliphatic hydroxyl groups is 1. The van der Waals surface area contributed by atoms with Crippen molar-refractivity contribution in [2.24, 2.45) is 5.73 Å². The highest BCUT2D eigenvalue weighted by atomic mass is 16.5. The zero-order valence-corrected chi connectivity index (χ0v) is 11.7. The fourth-order valence-corrected chi connectivity index (χ4v) is 1.68. The predicted molar refractivity (Wildman–Crippen MR) is 77.1 cm³/mol. The van der Waals surface area contributed by atoms with Gasteiger partial charge in [0.2, 0.25) is 5.91 Å². The van der Waals surface area contributed by atoms with Crippen molar-refractivity contribution in [3.8, 4) is 11.5 Å². The maximum Gasteiger partial charge on any atom is 0.224 e. The van der Waals surface area contributed by atoms with Gasteiger partial charge in [-0.15, -0.1) is 0 Å². The first-order chi connectivity index (χ1) is 9.71. The summed E-state index contributed by atoms with van der Waals surface area (Å²) in [6, 6.07) is 5.13. The summed E-state index contributed by atoms with van der Waals surface area (Å²) in [5.41, 5.74) is 6.02. The summed E-state index contributed by atoms with van der Waals surface area (Å²) >= 11 is 0. The second-order valence-electron chi connectivity index (χ2n) is 4.23. The minimum absolute atomic E-state index is 0.0586. The molecule has 0 saturated heterocycles. The molecule has 4 N–H and O–H groups in total. The highest BCUT2D eigenvalue weighted by Crippen LogP contribution is 2.30. The first-order valence-electron chi connectivity index (χ1n) is 6.63. The number of nitrogens with one attached hydrogen (secondary N) is 1. The van der Waals surface area contributed by atoms with Gasteiger partial charge in [-0.1, -0.05) is 0 Å². The molecule has 0 radical (unpaired) electrons. The van der Waals surface area contributed by atoms with E-state index in [9.17, 15) is 4.79 Å². The molecule has 0 spiro atoms. The molecule has 0 aromatic heterocycles. The Morgan fingerprint density at radius 1 is 1.35 bits per heavy atom. The van der Waals surface area contributed by atoms with Crippen LogP contribution in [0.1, 0.15) is 19.3 Å². The molecule has 0 atom stereocenters. The van der Waals surface area contributed by atoms with Gasteiger partial charge in [0.15, 0.2) is 11.5 Å². The average Bonchev–Trinajstić information content (AvgIpc) is 2.45. The van der Waals surface area contributed by atoms with E-state index in [2.05, 4.69) is 5.32 Å². The van der Waals surface area contributed by atoms with Gasteiger partial charge in [-0.3, -0.25) is 4.79 Å². The SMILES string of the molecule is COc1ccc(NC(=O)CCCCN)cc1OCCO. The first kappa shape index (κ1) is 16.3. The van der Waals surface area contributed by atoms with Gasteiger partial charge in [-0.05, 0) is 31.5 Å². The van der Waals surface area contributed by atoms with Crippen molar-refractivity contribution in [3.63, 3.8) is 0 Å². The third-order valence-corrected chi connectivity index (χ3v) is 2.65. The number of amides is 1. The number of rotatable bonds is 9. The number of nitrogens with two attached hydrogens (primary N) is 1. The summed E-state index contributed by atoms with van der Waals surface area (Å²) in [5, 5.41) is 11.6. The van der Waals surface area contributed by atoms with Crippen LogP contribution in [0.15, 0.2) is 18.2 Å². The van der Waals surface area contributed by atoms with Gasteiger partial charge >= 0.3 is 0 Å². The molecule has 1 amide bonds. The second-order valence-corrected chi connectivity index (χ2v) is 4.23. The van der Waals surface area contributed by atoms with Gasteiger partial charge in [0.1, 0.15) is 6.61 Å². The molecule has 6 heteroatoms. The lowest BCUT2D eigenvalue weighted by Crippen LogP contribution is -2.12. The summed E-state index contributed by atoms with van der Waals surface area (Å²) in [5.74, 6) is 0.984. The Hall–Kier alpha value is -1.79. The largest absolute Gasteiger partial charge is 0.493 e. The normalized spacial score (nSPS) is 10.2. The van der Waals surface area contributed by atoms with E-state index in [-0.39, 0.29) is 19.1 Å². The highest BCUT2D eigenvalue weighted by Gasteiger charge is 2.08. The number of ether oxygens (including phenoxy) is 2. The van der Waals surface area contributed by atoms with Crippen molar-refractivity contribution in [2.45, 2.75) is 19.3 Å². The van der Waals surface area contributed by atoms with E-state index in [1.54, 1.807) is 18.2 Å². The summed E-state index contributed by atoms with van der Waals surface area (Å²) < 4.78 is 10.5. The summed E-state index contributed by atoms with van der Waals surface area (Å²) in [6.45, 7) is 0.679. The van der Waals surface area contributed by atoms with Crippen molar-refractivity contribution >= 4 is 11.6 Å². The summed E-state index contributed by atoms with van der Waals surface area (Å²) in [6.07, 6.45) is 2.04. The number of anilines is 1. The summed E-state index contributed by atoms with van der Waals surface area (Å²) in [7, 11) is 1.53. The molecule has 20 heavy (non-hydrogen) atoms. The maximum atomic E-state index is 11.7. The lowest BCUT2D eigenvalue weighted by molar-refractivity contribution is -0.116. The van der Waals surface area contributed by atoms with E-state index >= 15 is 0 Å². The van der Waals surface area contributed by atoms with Gasteiger partial charge in [0.05, 0.1) is 13.7 Å². The lowest BCUT2D eigenvalue weighted by atomic mass is 10.2. The predicted octanol–water partition coefficient (Wildman–Crippen LogP) is 1.13. The van der Waals surface area contributed by atoms with Crippen LogP contribution in [0.3, 0.4) is 0 Å². The highest BCUT2D eigenvalue weighted by molar-refractivity contribution is 5.91. The second kappa shape index (κ2) is 9.17. The Kier molecular flexibility index (Phi) is 7.46. The van der Waals surface area contributed by atoms with Crippen molar-refractivity contribution in [2.75, 3.05) is 32.2 Å². The Balaban J connectivity index is 2.63. The monoisotopic (exact) mass is 282 g/mol. The van der Waals surface area contributed by atoms with Crippen molar-refractivity contribution < 1.29 is 19.4 Å². The number of carbonyl (C=O) groups excluding carboxylic acids is 1. The van der Waals surface area contributed by atoms with Gasteiger partial charge in [-0.25, -0.2) is 0 Å². The van der Waals surface area contributed by atoms with Crippen LogP contribution in [-0.4, -0.2) is 37.9 Å². The minimum atomic E-state index is -0.0845. The number of hydrogen-bond acceptors (Lipinski definition) is 5. The van der Waals surface area contributed by atoms with E-state index in [1.165, 1.54) is 7.11 Å². The number of hydrogen-bond donors (Lipinski definition) is 3. The molecule has 1 aromatic carbocycles. The Morgan fingerprint density at radius 3 is 2.80 bits per heavy atom. The van der Waals surface area contributed by atoms with Crippen LogP contribution in [0.4, 0.5) is 5.69 Å². The molecule has 0 saturated carbocycles. The van der Waals surface area contributed by atoms with Crippen LogP contribution in [0.5, 0.6) is 11.5 Å². The van der Waals surface area contributed by atoms with Crippen molar-refractivity contribution in [1.82, 2.24) is 0 Å². The van der Waals surface area contributed by atoms with Crippen molar-refractivity contribution in [1.29, 1.82) is 0 Å². The van der Waals surface area contributed by atoms with Crippen LogP contribution in [0.2, 0.25) is 0 Å². The van der Waals surface area contributed by atoms with E-state index < -0.39 is 0 Å². The Morgan fingerprint density at radius 2 is 2.15 bits per heavy atom. The zero-order chi connectivity index (χ0) is 14.8. The zero-order valence-electron chi connectivity index (χ0n) is 11.7. The van der Waals surface area contributed by atoms with E-state index in [1.807, 2.05) is 0 Å². The molecule has 0 bridgehead atoms. The van der Waals surface area contributed by atoms with Crippen LogP contribution >= 0.6 is 0 Å². The van der Waals surface area contributed by atoms with E-state index in [0.717, 1.165) is 12.8 Å². The number of carbonyl (C=O) groups is 1. The van der Waals surface area contributed by atoms with E-state index in [0.29, 0.717) is 30.2 Å². The third-order valence-electron chi connectivity index (χ3n) is 2.65. The smallest absolute Gasteiger partial charge is 0.224 e. The topological polar surface area (TPSA) is 93.8 Å². The molecule has 0 aliphatic heterocycles. The molecular formula is C14H22N2O4. The van der Waals surface area contributed by atoms with Gasteiger partial charge in [-0.2, -0.15) is 0 Å². The quantitative estimate of drug-likeness (QED) is 0.590. The minimum Gasteiger partial charge on any atom is -0.493 e. The molecule has 1 aromatic rings. The molecule has 0 aliphatic rings. The van der Waals surface area contributed by atoms with Crippen LogP contribution < -0.4 is 20.5 Å². The molecule has 0 aliphatic carbocycles. The van der Waals surface area contributed by atoms with Crippen LogP contribution in [0, 0.1) is 0 Å².